The van der Waals surface area contributed by atoms with Crippen LogP contribution in [0.4, 0.5) is 0 Å². The zero-order valence-corrected chi connectivity index (χ0v) is 14.1. The van der Waals surface area contributed by atoms with Crippen LogP contribution in [0, 0.1) is 0 Å². The molecule has 124 valence electrons. The van der Waals surface area contributed by atoms with E-state index in [1.807, 2.05) is 19.2 Å². The molecule has 0 spiro atoms. The van der Waals surface area contributed by atoms with E-state index in [2.05, 4.69) is 48.5 Å². The number of aryl methyl sites for hydroxylation is 1. The Kier molecular flexibility index (Phi) is 4.51. The molecule has 0 aliphatic rings. The number of carbonyl (C=O) groups is 1. The third-order valence-electron chi connectivity index (χ3n) is 3.99. The molecule has 2 heterocycles. The summed E-state index contributed by atoms with van der Waals surface area (Å²) in [4.78, 5) is 12.3. The first-order valence-electron chi connectivity index (χ1n) is 7.99. The van der Waals surface area contributed by atoms with Gasteiger partial charge in [0.05, 0.1) is 18.5 Å². The normalized spacial score (nSPS) is 11.0. The van der Waals surface area contributed by atoms with E-state index in [1.165, 1.54) is 5.56 Å². The number of amides is 1. The van der Waals surface area contributed by atoms with Gasteiger partial charge in [-0.05, 0) is 35.2 Å². The van der Waals surface area contributed by atoms with Crippen molar-refractivity contribution in [1.29, 1.82) is 0 Å². The fraction of sp³-hybridized carbons (Fsp3) is 0.263. The molecular formula is C19H21N3O2. The molecule has 0 atom stereocenters. The van der Waals surface area contributed by atoms with Crippen LogP contribution in [0.5, 0.6) is 0 Å². The monoisotopic (exact) mass is 323 g/mol. The fourth-order valence-corrected chi connectivity index (χ4v) is 2.56. The lowest BCUT2D eigenvalue weighted by Crippen LogP contribution is -2.23. The highest BCUT2D eigenvalue weighted by atomic mass is 16.3. The Morgan fingerprint density at radius 1 is 1.25 bits per heavy atom. The summed E-state index contributed by atoms with van der Waals surface area (Å²) >= 11 is 0. The molecule has 0 aliphatic heterocycles. The van der Waals surface area contributed by atoms with Crippen LogP contribution in [-0.2, 0) is 13.6 Å². The van der Waals surface area contributed by atoms with Gasteiger partial charge in [-0.25, -0.2) is 0 Å². The number of benzene rings is 1. The Labute approximate surface area is 141 Å². The van der Waals surface area contributed by atoms with Gasteiger partial charge in [-0.1, -0.05) is 38.1 Å². The number of hydrogen-bond acceptors (Lipinski definition) is 3. The van der Waals surface area contributed by atoms with Gasteiger partial charge < -0.3 is 9.73 Å². The summed E-state index contributed by atoms with van der Waals surface area (Å²) in [6, 6.07) is 13.8. The smallest absolute Gasteiger partial charge is 0.272 e. The maximum Gasteiger partial charge on any atom is 0.272 e. The summed E-state index contributed by atoms with van der Waals surface area (Å²) in [5, 5.41) is 7.13. The second kappa shape index (κ2) is 6.74. The van der Waals surface area contributed by atoms with Crippen LogP contribution in [-0.4, -0.2) is 15.7 Å². The third kappa shape index (κ3) is 3.40. The van der Waals surface area contributed by atoms with Crippen molar-refractivity contribution in [3.63, 3.8) is 0 Å². The molecule has 0 fully saturated rings. The highest BCUT2D eigenvalue weighted by molar-refractivity contribution is 5.93. The molecule has 3 aromatic rings. The van der Waals surface area contributed by atoms with Crippen LogP contribution in [0.15, 0.2) is 53.1 Å². The highest BCUT2D eigenvalue weighted by Crippen LogP contribution is 2.23. The van der Waals surface area contributed by atoms with E-state index < -0.39 is 0 Å². The van der Waals surface area contributed by atoms with E-state index in [0.717, 1.165) is 11.3 Å². The van der Waals surface area contributed by atoms with Crippen molar-refractivity contribution in [1.82, 2.24) is 15.1 Å². The first-order chi connectivity index (χ1) is 11.5. The van der Waals surface area contributed by atoms with Gasteiger partial charge in [-0.3, -0.25) is 9.48 Å². The second-order valence-corrected chi connectivity index (χ2v) is 6.08. The van der Waals surface area contributed by atoms with Gasteiger partial charge in [0.1, 0.15) is 5.76 Å². The molecule has 0 aliphatic carbocycles. The number of nitrogens with one attached hydrogen (secondary N) is 1. The average Bonchev–Trinajstić information content (AvgIpc) is 3.22. The molecule has 1 N–H and O–H groups in total. The molecule has 0 unspecified atom stereocenters. The summed E-state index contributed by atoms with van der Waals surface area (Å²) < 4.78 is 6.94. The van der Waals surface area contributed by atoms with Gasteiger partial charge in [0.25, 0.3) is 5.91 Å². The van der Waals surface area contributed by atoms with Crippen molar-refractivity contribution < 1.29 is 9.21 Å². The lowest BCUT2D eigenvalue weighted by atomic mass is 10.0. The SMILES string of the molecule is CC(C)c1ccc(-c2cc(C(=O)NCc3ccco3)nn2C)cc1. The predicted molar refractivity (Wildman–Crippen MR) is 92.6 cm³/mol. The second-order valence-electron chi connectivity index (χ2n) is 6.08. The summed E-state index contributed by atoms with van der Waals surface area (Å²) in [5.41, 5.74) is 3.64. The van der Waals surface area contributed by atoms with Crippen molar-refractivity contribution in [2.45, 2.75) is 26.3 Å². The van der Waals surface area contributed by atoms with Crippen LogP contribution in [0.25, 0.3) is 11.3 Å². The number of hydrogen-bond donors (Lipinski definition) is 1. The van der Waals surface area contributed by atoms with E-state index in [-0.39, 0.29) is 5.91 Å². The van der Waals surface area contributed by atoms with Gasteiger partial charge in [-0.2, -0.15) is 5.10 Å². The van der Waals surface area contributed by atoms with Crippen molar-refractivity contribution in [3.05, 3.63) is 65.7 Å². The summed E-state index contributed by atoms with van der Waals surface area (Å²) in [6.45, 7) is 4.68. The van der Waals surface area contributed by atoms with Crippen LogP contribution in [0.3, 0.4) is 0 Å². The van der Waals surface area contributed by atoms with Gasteiger partial charge in [0.2, 0.25) is 0 Å². The Hall–Kier alpha value is -2.82. The van der Waals surface area contributed by atoms with Crippen LogP contribution < -0.4 is 5.32 Å². The van der Waals surface area contributed by atoms with Gasteiger partial charge >= 0.3 is 0 Å². The Balaban J connectivity index is 1.75. The van der Waals surface area contributed by atoms with Crippen molar-refractivity contribution in [2.75, 3.05) is 0 Å². The molecule has 5 heteroatoms. The van der Waals surface area contributed by atoms with Crippen molar-refractivity contribution >= 4 is 5.91 Å². The van der Waals surface area contributed by atoms with Gasteiger partial charge in [-0.15, -0.1) is 0 Å². The van der Waals surface area contributed by atoms with Gasteiger partial charge in [0.15, 0.2) is 5.69 Å². The quantitative estimate of drug-likeness (QED) is 0.778. The Bertz CT molecular complexity index is 815. The zero-order valence-electron chi connectivity index (χ0n) is 14.1. The van der Waals surface area contributed by atoms with E-state index in [4.69, 9.17) is 4.42 Å². The van der Waals surface area contributed by atoms with Crippen molar-refractivity contribution in [3.8, 4) is 11.3 Å². The molecule has 1 amide bonds. The number of nitrogens with zero attached hydrogens (tertiary/aromatic N) is 2. The molecule has 0 radical (unpaired) electrons. The lowest BCUT2D eigenvalue weighted by Gasteiger charge is -2.06. The van der Waals surface area contributed by atoms with Gasteiger partial charge in [0, 0.05) is 7.05 Å². The first-order valence-corrected chi connectivity index (χ1v) is 7.99. The average molecular weight is 323 g/mol. The fourth-order valence-electron chi connectivity index (χ4n) is 2.56. The minimum Gasteiger partial charge on any atom is -0.467 e. The summed E-state index contributed by atoms with van der Waals surface area (Å²) in [6.07, 6.45) is 1.58. The molecule has 24 heavy (non-hydrogen) atoms. The Morgan fingerprint density at radius 2 is 2.00 bits per heavy atom. The molecule has 2 aromatic heterocycles. The standard InChI is InChI=1S/C19H21N3O2/c1-13(2)14-6-8-15(9-7-14)18-11-17(21-22(18)3)19(23)20-12-16-5-4-10-24-16/h4-11,13H,12H2,1-3H3,(H,20,23). The summed E-state index contributed by atoms with van der Waals surface area (Å²) in [5.74, 6) is 0.990. The molecule has 0 saturated heterocycles. The maximum absolute atomic E-state index is 12.3. The lowest BCUT2D eigenvalue weighted by molar-refractivity contribution is 0.0942. The Morgan fingerprint density at radius 3 is 2.62 bits per heavy atom. The first kappa shape index (κ1) is 16.1. The maximum atomic E-state index is 12.3. The molecule has 0 bridgehead atoms. The third-order valence-corrected chi connectivity index (χ3v) is 3.99. The number of aromatic nitrogens is 2. The van der Waals surface area contributed by atoms with Crippen LogP contribution >= 0.6 is 0 Å². The predicted octanol–water partition coefficient (Wildman–Crippen LogP) is 3.73. The topological polar surface area (TPSA) is 60.1 Å². The molecule has 3 rings (SSSR count). The molecule has 5 nitrogen and oxygen atoms in total. The van der Waals surface area contributed by atoms with Crippen LogP contribution in [0.2, 0.25) is 0 Å². The molecule has 0 saturated carbocycles. The van der Waals surface area contributed by atoms with E-state index in [9.17, 15) is 4.79 Å². The van der Waals surface area contributed by atoms with E-state index >= 15 is 0 Å². The highest BCUT2D eigenvalue weighted by Gasteiger charge is 2.14. The minimum atomic E-state index is -0.216. The van der Waals surface area contributed by atoms with E-state index in [1.54, 1.807) is 17.0 Å². The zero-order chi connectivity index (χ0) is 17.1. The number of furan rings is 1. The largest absolute Gasteiger partial charge is 0.467 e. The van der Waals surface area contributed by atoms with Crippen molar-refractivity contribution in [2.24, 2.45) is 7.05 Å². The van der Waals surface area contributed by atoms with Crippen LogP contribution in [0.1, 0.15) is 41.6 Å². The number of rotatable bonds is 5. The summed E-state index contributed by atoms with van der Waals surface area (Å²) in [7, 11) is 1.84. The van der Waals surface area contributed by atoms with E-state index in [0.29, 0.717) is 23.9 Å². The molecule has 1 aromatic carbocycles. The minimum absolute atomic E-state index is 0.216. The number of carbonyl (C=O) groups excluding carboxylic acids is 1. The molecular weight excluding hydrogens is 302 g/mol.